The number of nitrogens with zero attached hydrogens (tertiary/aromatic N) is 1. The number of nitrogens with one attached hydrogen (secondary N) is 2. The summed E-state index contributed by atoms with van der Waals surface area (Å²) in [7, 11) is 0. The van der Waals surface area contributed by atoms with E-state index < -0.39 is 0 Å². The number of hydrogen-bond acceptors (Lipinski definition) is 4. The van der Waals surface area contributed by atoms with Crippen LogP contribution in [0.5, 0.6) is 0 Å². The molecule has 0 saturated heterocycles. The molecular weight excluding hydrogens is 342 g/mol. The summed E-state index contributed by atoms with van der Waals surface area (Å²) < 4.78 is 0. The topological polar surface area (TPSA) is 44.4 Å². The summed E-state index contributed by atoms with van der Waals surface area (Å²) in [5, 5.41) is 10.2. The zero-order valence-electron chi connectivity index (χ0n) is 14.7. The van der Waals surface area contributed by atoms with Gasteiger partial charge < -0.3 is 10.6 Å². The zero-order valence-corrected chi connectivity index (χ0v) is 15.5. The lowest BCUT2D eigenvalue weighted by Gasteiger charge is -2.28. The van der Waals surface area contributed by atoms with Gasteiger partial charge in [-0.3, -0.25) is 9.69 Å². The number of hydrogen-bond donors (Lipinski definition) is 2. The van der Waals surface area contributed by atoms with Crippen LogP contribution >= 0.6 is 11.3 Å². The van der Waals surface area contributed by atoms with Gasteiger partial charge in [0.15, 0.2) is 0 Å². The highest BCUT2D eigenvalue weighted by Gasteiger charge is 2.33. The molecule has 0 spiro atoms. The van der Waals surface area contributed by atoms with E-state index in [2.05, 4.69) is 52.8 Å². The first-order valence-corrected chi connectivity index (χ1v) is 9.97. The predicted molar refractivity (Wildman–Crippen MR) is 107 cm³/mol. The molecule has 4 nitrogen and oxygen atoms in total. The summed E-state index contributed by atoms with van der Waals surface area (Å²) in [4.78, 5) is 16.6. The molecule has 5 rings (SSSR count). The Morgan fingerprint density at radius 1 is 1.15 bits per heavy atom. The number of rotatable bonds is 2. The van der Waals surface area contributed by atoms with Crippen molar-refractivity contribution in [3.63, 3.8) is 0 Å². The van der Waals surface area contributed by atoms with Crippen molar-refractivity contribution >= 4 is 33.0 Å². The summed E-state index contributed by atoms with van der Waals surface area (Å²) in [6, 6.07) is 14.7. The number of amides is 1. The fourth-order valence-corrected chi connectivity index (χ4v) is 5.31. The molecule has 0 bridgehead atoms. The lowest BCUT2D eigenvalue weighted by molar-refractivity contribution is 0.0935. The maximum atomic E-state index is 12.9. The van der Waals surface area contributed by atoms with Crippen LogP contribution in [0.3, 0.4) is 0 Å². The van der Waals surface area contributed by atoms with E-state index in [1.54, 1.807) is 11.3 Å². The molecule has 0 fully saturated rings. The van der Waals surface area contributed by atoms with Crippen molar-refractivity contribution < 1.29 is 4.79 Å². The first-order valence-electron chi connectivity index (χ1n) is 9.16. The van der Waals surface area contributed by atoms with E-state index in [1.165, 1.54) is 21.2 Å². The minimum absolute atomic E-state index is 0.0550. The summed E-state index contributed by atoms with van der Waals surface area (Å²) in [6.45, 7) is 5.24. The molecule has 2 aliphatic rings. The Kier molecular flexibility index (Phi) is 3.72. The van der Waals surface area contributed by atoms with Crippen molar-refractivity contribution in [1.29, 1.82) is 0 Å². The maximum absolute atomic E-state index is 12.9. The van der Waals surface area contributed by atoms with Crippen LogP contribution in [-0.4, -0.2) is 23.9 Å². The van der Waals surface area contributed by atoms with Crippen LogP contribution in [0, 0.1) is 0 Å². The molecule has 5 heteroatoms. The van der Waals surface area contributed by atoms with Gasteiger partial charge in [0.05, 0.1) is 5.56 Å². The van der Waals surface area contributed by atoms with E-state index >= 15 is 0 Å². The summed E-state index contributed by atoms with van der Waals surface area (Å²) in [5.41, 5.74) is 3.21. The molecule has 2 aliphatic heterocycles. The van der Waals surface area contributed by atoms with Crippen LogP contribution in [-0.2, 0) is 13.0 Å². The molecule has 2 N–H and O–H groups in total. The van der Waals surface area contributed by atoms with Crippen molar-refractivity contribution in [3.8, 4) is 0 Å². The van der Waals surface area contributed by atoms with E-state index in [-0.39, 0.29) is 12.1 Å². The van der Waals surface area contributed by atoms with Gasteiger partial charge in [0, 0.05) is 18.0 Å². The largest absolute Gasteiger partial charge is 0.353 e. The molecule has 0 radical (unpaired) electrons. The summed E-state index contributed by atoms with van der Waals surface area (Å²) >= 11 is 1.75. The van der Waals surface area contributed by atoms with Gasteiger partial charge in [0.1, 0.15) is 11.2 Å². The van der Waals surface area contributed by atoms with Gasteiger partial charge >= 0.3 is 0 Å². The van der Waals surface area contributed by atoms with Crippen LogP contribution < -0.4 is 10.6 Å². The third kappa shape index (κ3) is 2.50. The molecule has 0 unspecified atom stereocenters. The molecule has 3 aromatic rings. The normalized spacial score (nSPS) is 19.6. The molecule has 1 aromatic heterocycles. The molecule has 0 saturated carbocycles. The average Bonchev–Trinajstić information content (AvgIpc) is 3.05. The molecule has 2 aromatic carbocycles. The molecule has 1 atom stereocenters. The van der Waals surface area contributed by atoms with Crippen molar-refractivity contribution in [2.24, 2.45) is 0 Å². The Balaban J connectivity index is 1.50. The standard InChI is InChI=1S/C21H21N3OS/c1-2-24-10-9-16-17(12-24)26-21-18(16)20(25)22-19(23-21)15-8-7-13-5-3-4-6-14(13)11-15/h3-8,11,19,23H,2,9-10,12H2,1H3,(H,22,25)/t19-/m1/s1. The van der Waals surface area contributed by atoms with E-state index in [0.717, 1.165) is 42.2 Å². The Labute approximate surface area is 156 Å². The lowest BCUT2D eigenvalue weighted by Crippen LogP contribution is -2.38. The Morgan fingerprint density at radius 3 is 2.85 bits per heavy atom. The van der Waals surface area contributed by atoms with Gasteiger partial charge in [0.25, 0.3) is 5.91 Å². The Hall–Kier alpha value is -2.37. The van der Waals surface area contributed by atoms with E-state index in [1.807, 2.05) is 12.1 Å². The van der Waals surface area contributed by atoms with Crippen LogP contribution in [0.2, 0.25) is 0 Å². The highest BCUT2D eigenvalue weighted by Crippen LogP contribution is 2.40. The highest BCUT2D eigenvalue weighted by atomic mass is 32.1. The van der Waals surface area contributed by atoms with Crippen molar-refractivity contribution in [1.82, 2.24) is 10.2 Å². The monoisotopic (exact) mass is 363 g/mol. The van der Waals surface area contributed by atoms with Crippen LogP contribution in [0.25, 0.3) is 10.8 Å². The number of benzene rings is 2. The summed E-state index contributed by atoms with van der Waals surface area (Å²) in [6.07, 6.45) is 0.784. The Bertz CT molecular complexity index is 1010. The van der Waals surface area contributed by atoms with Gasteiger partial charge in [-0.05, 0) is 40.9 Å². The molecule has 0 aliphatic carbocycles. The summed E-state index contributed by atoms with van der Waals surface area (Å²) in [5.74, 6) is 0.0550. The first kappa shape index (κ1) is 15.9. The fraction of sp³-hybridized carbons (Fsp3) is 0.286. The third-order valence-corrected chi connectivity index (χ3v) is 6.62. The number of likely N-dealkylation sites (N-methyl/N-ethyl adjacent to an activating group) is 1. The number of anilines is 1. The van der Waals surface area contributed by atoms with Crippen LogP contribution in [0.4, 0.5) is 5.00 Å². The Morgan fingerprint density at radius 2 is 2.00 bits per heavy atom. The van der Waals surface area contributed by atoms with Crippen LogP contribution in [0.1, 0.15) is 39.5 Å². The van der Waals surface area contributed by atoms with Crippen molar-refractivity contribution in [2.75, 3.05) is 18.4 Å². The lowest BCUT2D eigenvalue weighted by atomic mass is 9.99. The molecular formula is C21H21N3OS. The smallest absolute Gasteiger partial charge is 0.256 e. The minimum atomic E-state index is -0.179. The minimum Gasteiger partial charge on any atom is -0.353 e. The van der Waals surface area contributed by atoms with Crippen LogP contribution in [0.15, 0.2) is 42.5 Å². The molecule has 132 valence electrons. The predicted octanol–water partition coefficient (Wildman–Crippen LogP) is 4.13. The van der Waals surface area contributed by atoms with Gasteiger partial charge in [-0.1, -0.05) is 43.3 Å². The number of thiophene rings is 1. The van der Waals surface area contributed by atoms with E-state index in [0.29, 0.717) is 0 Å². The first-order chi connectivity index (χ1) is 12.7. The molecule has 1 amide bonds. The number of carbonyl (C=O) groups excluding carboxylic acids is 1. The van der Waals surface area contributed by atoms with E-state index in [4.69, 9.17) is 0 Å². The second kappa shape index (κ2) is 6.11. The number of fused-ring (bicyclic) bond motifs is 4. The van der Waals surface area contributed by atoms with Gasteiger partial charge in [-0.2, -0.15) is 0 Å². The highest BCUT2D eigenvalue weighted by molar-refractivity contribution is 7.16. The maximum Gasteiger partial charge on any atom is 0.256 e. The second-order valence-electron chi connectivity index (χ2n) is 6.98. The zero-order chi connectivity index (χ0) is 17.7. The average molecular weight is 363 g/mol. The quantitative estimate of drug-likeness (QED) is 0.719. The molecule has 3 heterocycles. The van der Waals surface area contributed by atoms with Gasteiger partial charge in [-0.15, -0.1) is 11.3 Å². The van der Waals surface area contributed by atoms with Crippen molar-refractivity contribution in [3.05, 3.63) is 64.0 Å². The van der Waals surface area contributed by atoms with Crippen molar-refractivity contribution in [2.45, 2.75) is 26.1 Å². The number of carbonyl (C=O) groups is 1. The second-order valence-corrected chi connectivity index (χ2v) is 8.09. The third-order valence-electron chi connectivity index (χ3n) is 5.47. The van der Waals surface area contributed by atoms with E-state index in [9.17, 15) is 4.79 Å². The van der Waals surface area contributed by atoms with Gasteiger partial charge in [-0.25, -0.2) is 0 Å². The SMILES string of the molecule is CCN1CCc2c(sc3c2C(=O)N[C@@H](c2ccc4ccccc4c2)N3)C1. The molecule has 26 heavy (non-hydrogen) atoms. The van der Waals surface area contributed by atoms with Gasteiger partial charge in [0.2, 0.25) is 0 Å². The fourth-order valence-electron chi connectivity index (χ4n) is 3.99.